The zero-order valence-electron chi connectivity index (χ0n) is 10.4. The van der Waals surface area contributed by atoms with Crippen molar-refractivity contribution in [2.24, 2.45) is 0 Å². The van der Waals surface area contributed by atoms with Crippen molar-refractivity contribution in [3.8, 4) is 0 Å². The number of methoxy groups -OCH3 is 1. The van der Waals surface area contributed by atoms with Crippen molar-refractivity contribution >= 4 is 17.1 Å². The first kappa shape index (κ1) is 12.5. The van der Waals surface area contributed by atoms with Crippen LogP contribution in [0.3, 0.4) is 0 Å². The molecule has 0 atom stereocenters. The quantitative estimate of drug-likeness (QED) is 0.865. The van der Waals surface area contributed by atoms with Gasteiger partial charge in [-0.25, -0.2) is 9.97 Å². The molecule has 1 N–H and O–H groups in total. The van der Waals surface area contributed by atoms with Gasteiger partial charge in [0.2, 0.25) is 0 Å². The van der Waals surface area contributed by atoms with Gasteiger partial charge in [0.1, 0.15) is 17.9 Å². The number of pyridine rings is 1. The first-order valence-electron chi connectivity index (χ1n) is 5.64. The van der Waals surface area contributed by atoms with Gasteiger partial charge in [-0.1, -0.05) is 0 Å². The first-order chi connectivity index (χ1) is 8.61. The molecule has 0 aliphatic heterocycles. The average molecular weight is 249 g/mol. The molecule has 2 heterocycles. The lowest BCUT2D eigenvalue weighted by molar-refractivity contribution is -0.137. The van der Waals surface area contributed by atoms with Gasteiger partial charge in [0.05, 0.1) is 6.42 Å². The summed E-state index contributed by atoms with van der Waals surface area (Å²) in [4.78, 5) is 19.4. The standard InChI is InChI=1S/C12H15N3O3/c1-8-5-9-12(13-6-8)15(4-3-11(16)17)10(14-9)7-18-2/h5-6H,3-4,7H2,1-2H3,(H,16,17). The van der Waals surface area contributed by atoms with Gasteiger partial charge in [-0.3, -0.25) is 4.79 Å². The zero-order chi connectivity index (χ0) is 13.1. The number of ether oxygens (including phenoxy) is 1. The maximum Gasteiger partial charge on any atom is 0.305 e. The predicted octanol–water partition coefficient (Wildman–Crippen LogP) is 1.36. The van der Waals surface area contributed by atoms with Crippen LogP contribution in [0.2, 0.25) is 0 Å². The van der Waals surface area contributed by atoms with Crippen molar-refractivity contribution in [1.29, 1.82) is 0 Å². The summed E-state index contributed by atoms with van der Waals surface area (Å²) in [5.41, 5.74) is 2.50. The first-order valence-corrected chi connectivity index (χ1v) is 5.64. The molecule has 0 aliphatic rings. The van der Waals surface area contributed by atoms with E-state index < -0.39 is 5.97 Å². The highest BCUT2D eigenvalue weighted by atomic mass is 16.5. The summed E-state index contributed by atoms with van der Waals surface area (Å²) in [5.74, 6) is -0.140. The molecule has 0 saturated heterocycles. The van der Waals surface area contributed by atoms with Gasteiger partial charge in [0.15, 0.2) is 5.65 Å². The van der Waals surface area contributed by atoms with E-state index in [1.807, 2.05) is 13.0 Å². The third-order valence-corrected chi connectivity index (χ3v) is 2.62. The Morgan fingerprint density at radius 2 is 2.33 bits per heavy atom. The number of hydrogen-bond donors (Lipinski definition) is 1. The Bertz CT molecular complexity index is 577. The Hall–Kier alpha value is -1.95. The van der Waals surface area contributed by atoms with Crippen molar-refractivity contribution in [1.82, 2.24) is 14.5 Å². The molecular weight excluding hydrogens is 234 g/mol. The summed E-state index contributed by atoms with van der Waals surface area (Å²) in [7, 11) is 1.58. The fraction of sp³-hybridized carbons (Fsp3) is 0.417. The molecule has 96 valence electrons. The highest BCUT2D eigenvalue weighted by Gasteiger charge is 2.12. The molecule has 2 rings (SSSR count). The molecule has 2 aromatic heterocycles. The van der Waals surface area contributed by atoms with E-state index in [2.05, 4.69) is 9.97 Å². The summed E-state index contributed by atoms with van der Waals surface area (Å²) in [6.07, 6.45) is 1.79. The second-order valence-corrected chi connectivity index (χ2v) is 4.11. The van der Waals surface area contributed by atoms with Crippen molar-refractivity contribution in [2.45, 2.75) is 26.5 Å². The summed E-state index contributed by atoms with van der Waals surface area (Å²) >= 11 is 0. The number of aryl methyl sites for hydroxylation is 2. The van der Waals surface area contributed by atoms with Crippen LogP contribution >= 0.6 is 0 Å². The van der Waals surface area contributed by atoms with Crippen molar-refractivity contribution in [3.05, 3.63) is 23.7 Å². The number of fused-ring (bicyclic) bond motifs is 1. The van der Waals surface area contributed by atoms with Crippen LogP contribution < -0.4 is 0 Å². The highest BCUT2D eigenvalue weighted by molar-refractivity contribution is 5.72. The molecule has 0 saturated carbocycles. The molecule has 0 fully saturated rings. The second-order valence-electron chi connectivity index (χ2n) is 4.11. The lowest BCUT2D eigenvalue weighted by Crippen LogP contribution is -2.09. The van der Waals surface area contributed by atoms with E-state index in [0.29, 0.717) is 24.6 Å². The molecule has 0 spiro atoms. The third-order valence-electron chi connectivity index (χ3n) is 2.62. The third kappa shape index (κ3) is 2.48. The van der Waals surface area contributed by atoms with Crippen LogP contribution in [-0.4, -0.2) is 32.7 Å². The fourth-order valence-corrected chi connectivity index (χ4v) is 1.84. The SMILES string of the molecule is COCc1nc2cc(C)cnc2n1CCC(=O)O. The number of imidazole rings is 1. The largest absolute Gasteiger partial charge is 0.481 e. The lowest BCUT2D eigenvalue weighted by Gasteiger charge is -2.06. The number of nitrogens with zero attached hydrogens (tertiary/aromatic N) is 3. The van der Waals surface area contributed by atoms with Crippen LogP contribution in [0.25, 0.3) is 11.2 Å². The molecule has 18 heavy (non-hydrogen) atoms. The van der Waals surface area contributed by atoms with E-state index in [1.54, 1.807) is 17.9 Å². The molecule has 0 aliphatic carbocycles. The van der Waals surface area contributed by atoms with Crippen LogP contribution in [0.1, 0.15) is 17.8 Å². The Labute approximate surface area is 104 Å². The second kappa shape index (κ2) is 5.14. The van der Waals surface area contributed by atoms with E-state index in [0.717, 1.165) is 11.1 Å². The summed E-state index contributed by atoms with van der Waals surface area (Å²) in [5, 5.41) is 8.76. The lowest BCUT2D eigenvalue weighted by atomic mass is 10.3. The number of aliphatic carboxylic acids is 1. The van der Waals surface area contributed by atoms with E-state index in [9.17, 15) is 4.79 Å². The monoisotopic (exact) mass is 249 g/mol. The molecule has 6 nitrogen and oxygen atoms in total. The Morgan fingerprint density at radius 1 is 1.56 bits per heavy atom. The molecule has 0 bridgehead atoms. The number of carboxylic acids is 1. The molecular formula is C12H15N3O3. The van der Waals surface area contributed by atoms with Crippen LogP contribution in [-0.2, 0) is 22.7 Å². The van der Waals surface area contributed by atoms with E-state index >= 15 is 0 Å². The number of hydrogen-bond acceptors (Lipinski definition) is 4. The molecule has 6 heteroatoms. The van der Waals surface area contributed by atoms with Crippen LogP contribution in [0, 0.1) is 6.92 Å². The highest BCUT2D eigenvalue weighted by Crippen LogP contribution is 2.16. The normalized spacial score (nSPS) is 11.0. The zero-order valence-corrected chi connectivity index (χ0v) is 10.4. The molecule has 0 radical (unpaired) electrons. The fourth-order valence-electron chi connectivity index (χ4n) is 1.84. The van der Waals surface area contributed by atoms with Gasteiger partial charge < -0.3 is 14.4 Å². The Balaban J connectivity index is 2.44. The van der Waals surface area contributed by atoms with Gasteiger partial charge in [-0.2, -0.15) is 0 Å². The molecule has 2 aromatic rings. The number of aromatic nitrogens is 3. The van der Waals surface area contributed by atoms with E-state index in [-0.39, 0.29) is 6.42 Å². The molecule has 0 aromatic carbocycles. The van der Waals surface area contributed by atoms with Crippen molar-refractivity contribution < 1.29 is 14.6 Å². The summed E-state index contributed by atoms with van der Waals surface area (Å²) in [6.45, 7) is 2.63. The van der Waals surface area contributed by atoms with Crippen molar-refractivity contribution in [3.63, 3.8) is 0 Å². The smallest absolute Gasteiger partial charge is 0.305 e. The maximum absolute atomic E-state index is 10.7. The van der Waals surface area contributed by atoms with Gasteiger partial charge in [0.25, 0.3) is 0 Å². The number of carboxylic acid groups (broad SMARTS) is 1. The minimum atomic E-state index is -0.840. The van der Waals surface area contributed by atoms with Gasteiger partial charge in [-0.15, -0.1) is 0 Å². The summed E-state index contributed by atoms with van der Waals surface area (Å²) in [6, 6.07) is 1.93. The minimum Gasteiger partial charge on any atom is -0.481 e. The van der Waals surface area contributed by atoms with Gasteiger partial charge in [0, 0.05) is 19.9 Å². The van der Waals surface area contributed by atoms with Crippen LogP contribution in [0.15, 0.2) is 12.3 Å². The average Bonchev–Trinajstić information content (AvgIpc) is 2.63. The van der Waals surface area contributed by atoms with Crippen LogP contribution in [0.4, 0.5) is 0 Å². The van der Waals surface area contributed by atoms with Crippen molar-refractivity contribution in [2.75, 3.05) is 7.11 Å². The van der Waals surface area contributed by atoms with Gasteiger partial charge in [-0.05, 0) is 18.6 Å². The summed E-state index contributed by atoms with van der Waals surface area (Å²) < 4.78 is 6.87. The minimum absolute atomic E-state index is 0.0394. The molecule has 0 amide bonds. The maximum atomic E-state index is 10.7. The van der Waals surface area contributed by atoms with E-state index in [1.165, 1.54) is 0 Å². The number of carbonyl (C=O) groups is 1. The Morgan fingerprint density at radius 3 is 3.00 bits per heavy atom. The number of rotatable bonds is 5. The Kier molecular flexibility index (Phi) is 3.57. The van der Waals surface area contributed by atoms with Crippen LogP contribution in [0.5, 0.6) is 0 Å². The molecule has 0 unspecified atom stereocenters. The van der Waals surface area contributed by atoms with E-state index in [4.69, 9.17) is 9.84 Å². The predicted molar refractivity (Wildman–Crippen MR) is 65.2 cm³/mol. The topological polar surface area (TPSA) is 77.2 Å². The van der Waals surface area contributed by atoms with Gasteiger partial charge >= 0.3 is 5.97 Å².